The largest absolute Gasteiger partial charge is 0.497 e. The van der Waals surface area contributed by atoms with Crippen molar-refractivity contribution in [3.63, 3.8) is 0 Å². The van der Waals surface area contributed by atoms with Crippen molar-refractivity contribution in [2.45, 2.75) is 45.7 Å². The topological polar surface area (TPSA) is 67.9 Å². The number of methoxy groups -OCH3 is 1. The number of unbranched alkanes of at least 4 members (excludes halogenated alkanes) is 1. The standard InChI is InChI=1S/C24H31ClN2O4/c1-4-6-15-26-24(29)22(5-2)27(16-18-7-9-19(25)10-8-18)23(28)17-31-21-13-11-20(30-3)12-14-21/h7-14,22H,4-6,15-17H2,1-3H3,(H,26,29)/t22-/m0/s1. The number of halogens is 1. The lowest BCUT2D eigenvalue weighted by atomic mass is 10.1. The van der Waals surface area contributed by atoms with E-state index >= 15 is 0 Å². The first kappa shape index (κ1) is 24.5. The molecule has 0 saturated carbocycles. The maximum Gasteiger partial charge on any atom is 0.261 e. The molecule has 0 aliphatic heterocycles. The number of hydrogen-bond acceptors (Lipinski definition) is 4. The summed E-state index contributed by atoms with van der Waals surface area (Å²) in [5.74, 6) is 0.852. The van der Waals surface area contributed by atoms with Crippen LogP contribution in [0.5, 0.6) is 11.5 Å². The molecule has 0 saturated heterocycles. The van der Waals surface area contributed by atoms with Gasteiger partial charge < -0.3 is 19.7 Å². The van der Waals surface area contributed by atoms with Gasteiger partial charge in [0.25, 0.3) is 5.91 Å². The molecule has 2 aromatic carbocycles. The van der Waals surface area contributed by atoms with Crippen LogP contribution in [0.1, 0.15) is 38.7 Å². The van der Waals surface area contributed by atoms with Crippen molar-refractivity contribution >= 4 is 23.4 Å². The Hall–Kier alpha value is -2.73. The van der Waals surface area contributed by atoms with Gasteiger partial charge in [-0.25, -0.2) is 0 Å². The van der Waals surface area contributed by atoms with Crippen LogP contribution in [0.3, 0.4) is 0 Å². The zero-order valence-electron chi connectivity index (χ0n) is 18.4. The average molecular weight is 447 g/mol. The van der Waals surface area contributed by atoms with Crippen LogP contribution >= 0.6 is 11.6 Å². The maximum absolute atomic E-state index is 13.1. The second-order valence-corrected chi connectivity index (χ2v) is 7.62. The highest BCUT2D eigenvalue weighted by molar-refractivity contribution is 6.30. The number of carbonyl (C=O) groups excluding carboxylic acids is 2. The molecule has 0 aliphatic rings. The monoisotopic (exact) mass is 446 g/mol. The summed E-state index contributed by atoms with van der Waals surface area (Å²) in [7, 11) is 1.59. The zero-order valence-corrected chi connectivity index (χ0v) is 19.2. The highest BCUT2D eigenvalue weighted by Gasteiger charge is 2.28. The van der Waals surface area contributed by atoms with Crippen molar-refractivity contribution in [1.29, 1.82) is 0 Å². The molecule has 2 rings (SSSR count). The summed E-state index contributed by atoms with van der Waals surface area (Å²) in [5.41, 5.74) is 0.891. The molecule has 0 fully saturated rings. The molecule has 0 heterocycles. The van der Waals surface area contributed by atoms with Crippen molar-refractivity contribution < 1.29 is 19.1 Å². The molecule has 0 unspecified atom stereocenters. The normalized spacial score (nSPS) is 11.5. The van der Waals surface area contributed by atoms with E-state index in [-0.39, 0.29) is 18.4 Å². The molecule has 6 nitrogen and oxygen atoms in total. The number of nitrogens with zero attached hydrogens (tertiary/aromatic N) is 1. The van der Waals surface area contributed by atoms with E-state index in [1.807, 2.05) is 19.1 Å². The highest BCUT2D eigenvalue weighted by Crippen LogP contribution is 2.19. The Morgan fingerprint density at radius 3 is 2.26 bits per heavy atom. The second kappa shape index (κ2) is 12.8. The van der Waals surface area contributed by atoms with E-state index < -0.39 is 6.04 Å². The fraction of sp³-hybridized carbons (Fsp3) is 0.417. The van der Waals surface area contributed by atoms with Gasteiger partial charge in [0, 0.05) is 18.1 Å². The molecular weight excluding hydrogens is 416 g/mol. The minimum atomic E-state index is -0.584. The predicted octanol–water partition coefficient (Wildman–Crippen LogP) is 4.45. The van der Waals surface area contributed by atoms with Crippen LogP contribution in [-0.4, -0.2) is 43.0 Å². The van der Waals surface area contributed by atoms with Crippen molar-refractivity contribution in [3.05, 3.63) is 59.1 Å². The van der Waals surface area contributed by atoms with Gasteiger partial charge in [0.15, 0.2) is 6.61 Å². The van der Waals surface area contributed by atoms with E-state index in [0.29, 0.717) is 36.0 Å². The first-order chi connectivity index (χ1) is 15.0. The number of carbonyl (C=O) groups is 2. The average Bonchev–Trinajstić information content (AvgIpc) is 2.79. The summed E-state index contributed by atoms with van der Waals surface area (Å²) in [6, 6.07) is 13.7. The van der Waals surface area contributed by atoms with Crippen molar-refractivity contribution in [3.8, 4) is 11.5 Å². The third kappa shape index (κ3) is 7.79. The third-order valence-electron chi connectivity index (χ3n) is 4.90. The molecule has 0 radical (unpaired) electrons. The van der Waals surface area contributed by atoms with Gasteiger partial charge in [-0.15, -0.1) is 0 Å². The number of amides is 2. The minimum absolute atomic E-state index is 0.150. The summed E-state index contributed by atoms with van der Waals surface area (Å²) >= 11 is 5.99. The lowest BCUT2D eigenvalue weighted by Gasteiger charge is -2.30. The number of hydrogen-bond donors (Lipinski definition) is 1. The summed E-state index contributed by atoms with van der Waals surface area (Å²) in [6.07, 6.45) is 2.38. The van der Waals surface area contributed by atoms with E-state index in [9.17, 15) is 9.59 Å². The molecule has 1 N–H and O–H groups in total. The lowest BCUT2D eigenvalue weighted by molar-refractivity contribution is -0.143. The van der Waals surface area contributed by atoms with Crippen LogP contribution in [-0.2, 0) is 16.1 Å². The molecule has 0 aliphatic carbocycles. The van der Waals surface area contributed by atoms with E-state index in [1.165, 1.54) is 0 Å². The first-order valence-electron chi connectivity index (χ1n) is 10.6. The van der Waals surface area contributed by atoms with Crippen molar-refractivity contribution in [2.24, 2.45) is 0 Å². The Kier molecular flexibility index (Phi) is 10.2. The smallest absolute Gasteiger partial charge is 0.261 e. The molecule has 2 aromatic rings. The number of rotatable bonds is 12. The van der Waals surface area contributed by atoms with Crippen LogP contribution in [0.25, 0.3) is 0 Å². The number of nitrogens with one attached hydrogen (secondary N) is 1. The number of ether oxygens (including phenoxy) is 2. The molecule has 7 heteroatoms. The lowest BCUT2D eigenvalue weighted by Crippen LogP contribution is -2.50. The van der Waals surface area contributed by atoms with E-state index in [1.54, 1.807) is 48.4 Å². The molecule has 1 atom stereocenters. The molecule has 2 amide bonds. The van der Waals surface area contributed by atoms with Gasteiger partial charge in [0.05, 0.1) is 7.11 Å². The Balaban J connectivity index is 2.14. The van der Waals surface area contributed by atoms with Crippen LogP contribution in [0, 0.1) is 0 Å². The van der Waals surface area contributed by atoms with E-state index in [0.717, 1.165) is 18.4 Å². The first-order valence-corrected chi connectivity index (χ1v) is 10.9. The van der Waals surface area contributed by atoms with Gasteiger partial charge in [0.2, 0.25) is 5.91 Å². The van der Waals surface area contributed by atoms with Crippen LogP contribution < -0.4 is 14.8 Å². The molecule has 0 aromatic heterocycles. The molecule has 31 heavy (non-hydrogen) atoms. The van der Waals surface area contributed by atoms with Crippen molar-refractivity contribution in [1.82, 2.24) is 10.2 Å². The van der Waals surface area contributed by atoms with E-state index in [4.69, 9.17) is 21.1 Å². The predicted molar refractivity (Wildman–Crippen MR) is 122 cm³/mol. The second-order valence-electron chi connectivity index (χ2n) is 7.18. The summed E-state index contributed by atoms with van der Waals surface area (Å²) in [5, 5.41) is 3.56. The molecule has 0 spiro atoms. The van der Waals surface area contributed by atoms with Gasteiger partial charge in [-0.2, -0.15) is 0 Å². The van der Waals surface area contributed by atoms with Gasteiger partial charge >= 0.3 is 0 Å². The highest BCUT2D eigenvalue weighted by atomic mass is 35.5. The SMILES string of the molecule is CCCCNC(=O)[C@H](CC)N(Cc1ccc(Cl)cc1)C(=O)COc1ccc(OC)cc1. The fourth-order valence-corrected chi connectivity index (χ4v) is 3.24. The Bertz CT molecular complexity index is 824. The quantitative estimate of drug-likeness (QED) is 0.489. The molecule has 0 bridgehead atoms. The summed E-state index contributed by atoms with van der Waals surface area (Å²) in [4.78, 5) is 27.5. The Morgan fingerprint density at radius 2 is 1.68 bits per heavy atom. The number of benzene rings is 2. The summed E-state index contributed by atoms with van der Waals surface area (Å²) < 4.78 is 10.8. The van der Waals surface area contributed by atoms with Crippen molar-refractivity contribution in [2.75, 3.05) is 20.3 Å². The van der Waals surface area contributed by atoms with Gasteiger partial charge in [0.1, 0.15) is 17.5 Å². The van der Waals surface area contributed by atoms with Crippen LogP contribution in [0.4, 0.5) is 0 Å². The minimum Gasteiger partial charge on any atom is -0.497 e. The van der Waals surface area contributed by atoms with Gasteiger partial charge in [-0.1, -0.05) is 44.0 Å². The Labute approximate surface area is 189 Å². The third-order valence-corrected chi connectivity index (χ3v) is 5.16. The zero-order chi connectivity index (χ0) is 22.6. The van der Waals surface area contributed by atoms with Crippen LogP contribution in [0.2, 0.25) is 5.02 Å². The van der Waals surface area contributed by atoms with Crippen LogP contribution in [0.15, 0.2) is 48.5 Å². The molecule has 168 valence electrons. The molecular formula is C24H31ClN2O4. The summed E-state index contributed by atoms with van der Waals surface area (Å²) in [6.45, 7) is 4.68. The van der Waals surface area contributed by atoms with E-state index in [2.05, 4.69) is 12.2 Å². The Morgan fingerprint density at radius 1 is 1.03 bits per heavy atom. The van der Waals surface area contributed by atoms with Gasteiger partial charge in [-0.3, -0.25) is 9.59 Å². The maximum atomic E-state index is 13.1. The fourth-order valence-electron chi connectivity index (χ4n) is 3.11. The van der Waals surface area contributed by atoms with Gasteiger partial charge in [-0.05, 0) is 54.8 Å².